The number of hydrogen-bond acceptors (Lipinski definition) is 3. The number of nitrogens with one attached hydrogen (secondary N) is 1. The molecule has 5 heteroatoms. The lowest BCUT2D eigenvalue weighted by Gasteiger charge is -2.31. The van der Waals surface area contributed by atoms with Crippen LogP contribution in [0.2, 0.25) is 0 Å². The van der Waals surface area contributed by atoms with E-state index in [1.165, 1.54) is 0 Å². The second-order valence-electron chi connectivity index (χ2n) is 5.22. The lowest BCUT2D eigenvalue weighted by molar-refractivity contribution is -0.146. The number of hydrogen-bond donors (Lipinski definition) is 3. The second kappa shape index (κ2) is 5.04. The van der Waals surface area contributed by atoms with Crippen LogP contribution in [-0.2, 0) is 9.59 Å². The summed E-state index contributed by atoms with van der Waals surface area (Å²) in [5.74, 6) is -1.50. The molecule has 0 heterocycles. The van der Waals surface area contributed by atoms with E-state index in [1.54, 1.807) is 0 Å². The van der Waals surface area contributed by atoms with Crippen molar-refractivity contribution in [2.45, 2.75) is 38.2 Å². The predicted molar refractivity (Wildman–Crippen MR) is 60.2 cm³/mol. The van der Waals surface area contributed by atoms with Gasteiger partial charge in [0.15, 0.2) is 0 Å². The van der Waals surface area contributed by atoms with Gasteiger partial charge in [0.2, 0.25) is 5.91 Å². The zero-order valence-corrected chi connectivity index (χ0v) is 9.76. The molecule has 0 aliphatic heterocycles. The topological polar surface area (TPSA) is 86.6 Å². The summed E-state index contributed by atoms with van der Waals surface area (Å²) >= 11 is 0. The Morgan fingerprint density at radius 1 is 1.18 bits per heavy atom. The number of carbonyl (C=O) groups excluding carboxylic acids is 1. The molecule has 17 heavy (non-hydrogen) atoms. The first kappa shape index (κ1) is 12.4. The number of carboxylic acids is 1. The fraction of sp³-hybridized carbons (Fsp3) is 0.833. The monoisotopic (exact) mass is 241 g/mol. The highest BCUT2D eigenvalue weighted by Gasteiger charge is 2.38. The van der Waals surface area contributed by atoms with Gasteiger partial charge >= 0.3 is 5.97 Å². The minimum Gasteiger partial charge on any atom is -0.481 e. The van der Waals surface area contributed by atoms with Gasteiger partial charge in [-0.25, -0.2) is 0 Å². The summed E-state index contributed by atoms with van der Waals surface area (Å²) in [5, 5.41) is 20.9. The molecule has 2 aliphatic carbocycles. The molecule has 2 rings (SSSR count). The van der Waals surface area contributed by atoms with Crippen LogP contribution in [0.4, 0.5) is 0 Å². The maximum absolute atomic E-state index is 11.8. The molecule has 2 fully saturated rings. The molecule has 0 bridgehead atoms. The fourth-order valence-corrected chi connectivity index (χ4v) is 2.81. The van der Waals surface area contributed by atoms with E-state index < -0.39 is 11.9 Å². The molecule has 2 atom stereocenters. The summed E-state index contributed by atoms with van der Waals surface area (Å²) in [6, 6.07) is 0. The number of rotatable bonds is 4. The van der Waals surface area contributed by atoms with Crippen LogP contribution in [0.3, 0.4) is 0 Å². The Balaban J connectivity index is 1.77. The summed E-state index contributed by atoms with van der Waals surface area (Å²) in [5.41, 5.74) is 0. The summed E-state index contributed by atoms with van der Waals surface area (Å²) in [6.07, 6.45) is 3.37. The van der Waals surface area contributed by atoms with Crippen LogP contribution in [0.1, 0.15) is 32.1 Å². The van der Waals surface area contributed by atoms with E-state index in [2.05, 4.69) is 5.32 Å². The van der Waals surface area contributed by atoms with Crippen LogP contribution in [0.5, 0.6) is 0 Å². The van der Waals surface area contributed by atoms with Gasteiger partial charge in [-0.1, -0.05) is 6.42 Å². The Bertz CT molecular complexity index is 312. The number of carbonyl (C=O) groups is 2. The highest BCUT2D eigenvalue weighted by atomic mass is 16.4. The van der Waals surface area contributed by atoms with Crippen molar-refractivity contribution < 1.29 is 19.8 Å². The van der Waals surface area contributed by atoms with Crippen molar-refractivity contribution in [3.05, 3.63) is 0 Å². The largest absolute Gasteiger partial charge is 0.481 e. The molecular formula is C12H19NO4. The van der Waals surface area contributed by atoms with Gasteiger partial charge in [-0.05, 0) is 31.6 Å². The Labute approximate surface area is 100 Å². The van der Waals surface area contributed by atoms with Crippen molar-refractivity contribution in [3.63, 3.8) is 0 Å². The second-order valence-corrected chi connectivity index (χ2v) is 5.22. The third-order valence-electron chi connectivity index (χ3n) is 3.95. The maximum Gasteiger partial charge on any atom is 0.307 e. The number of aliphatic carboxylic acids is 1. The molecule has 0 radical (unpaired) electrons. The van der Waals surface area contributed by atoms with Gasteiger partial charge in [0.25, 0.3) is 0 Å². The van der Waals surface area contributed by atoms with Crippen LogP contribution >= 0.6 is 0 Å². The molecule has 0 aromatic carbocycles. The highest BCUT2D eigenvalue weighted by molar-refractivity contribution is 5.85. The summed E-state index contributed by atoms with van der Waals surface area (Å²) < 4.78 is 0. The normalized spacial score (nSPS) is 36.3. The van der Waals surface area contributed by atoms with Gasteiger partial charge in [-0.3, -0.25) is 9.59 Å². The third-order valence-corrected chi connectivity index (χ3v) is 3.95. The number of amides is 1. The number of aliphatic hydroxyl groups is 1. The molecule has 3 N–H and O–H groups in total. The van der Waals surface area contributed by atoms with E-state index in [0.29, 0.717) is 25.3 Å². The molecule has 2 aliphatic rings. The molecule has 1 amide bonds. The van der Waals surface area contributed by atoms with E-state index in [0.717, 1.165) is 19.3 Å². The lowest BCUT2D eigenvalue weighted by Crippen LogP contribution is -2.42. The van der Waals surface area contributed by atoms with Crippen molar-refractivity contribution in [1.82, 2.24) is 5.32 Å². The number of aliphatic hydroxyl groups excluding tert-OH is 1. The standard InChI is InChI=1S/C12H19NO4/c14-8-4-7(5-8)6-13-11(15)9-2-1-3-10(9)12(16)17/h7-10,14H,1-6H2,(H,13,15)(H,16,17)/t7?,8?,9-,10+/m1/s1. The molecule has 2 saturated carbocycles. The molecule has 0 spiro atoms. The van der Waals surface area contributed by atoms with E-state index in [-0.39, 0.29) is 17.9 Å². The average molecular weight is 241 g/mol. The average Bonchev–Trinajstić information content (AvgIpc) is 2.71. The zero-order valence-electron chi connectivity index (χ0n) is 9.76. The van der Waals surface area contributed by atoms with E-state index in [9.17, 15) is 9.59 Å². The molecule has 0 aromatic heterocycles. The summed E-state index contributed by atoms with van der Waals surface area (Å²) in [6.45, 7) is 0.568. The zero-order chi connectivity index (χ0) is 12.4. The van der Waals surface area contributed by atoms with Crippen LogP contribution in [0, 0.1) is 17.8 Å². The molecule has 5 nitrogen and oxygen atoms in total. The minimum atomic E-state index is -0.860. The summed E-state index contributed by atoms with van der Waals surface area (Å²) in [4.78, 5) is 22.8. The molecule has 0 aromatic rings. The SMILES string of the molecule is O=C(O)[C@H]1CCC[C@H]1C(=O)NCC1CC(O)C1. The van der Waals surface area contributed by atoms with Gasteiger partial charge in [-0.2, -0.15) is 0 Å². The Kier molecular flexibility index (Phi) is 3.66. The highest BCUT2D eigenvalue weighted by Crippen LogP contribution is 2.32. The lowest BCUT2D eigenvalue weighted by atomic mass is 9.82. The predicted octanol–water partition coefficient (Wildman–Crippen LogP) is 0.374. The quantitative estimate of drug-likeness (QED) is 0.664. The maximum atomic E-state index is 11.8. The Morgan fingerprint density at radius 3 is 2.41 bits per heavy atom. The Morgan fingerprint density at radius 2 is 1.82 bits per heavy atom. The van der Waals surface area contributed by atoms with E-state index >= 15 is 0 Å². The van der Waals surface area contributed by atoms with Crippen LogP contribution in [0.25, 0.3) is 0 Å². The van der Waals surface area contributed by atoms with Crippen LogP contribution < -0.4 is 5.32 Å². The fourth-order valence-electron chi connectivity index (χ4n) is 2.81. The Hall–Kier alpha value is -1.10. The van der Waals surface area contributed by atoms with Gasteiger partial charge in [0.05, 0.1) is 17.9 Å². The smallest absolute Gasteiger partial charge is 0.307 e. The van der Waals surface area contributed by atoms with E-state index in [4.69, 9.17) is 10.2 Å². The van der Waals surface area contributed by atoms with Crippen molar-refractivity contribution in [1.29, 1.82) is 0 Å². The van der Waals surface area contributed by atoms with Crippen molar-refractivity contribution >= 4 is 11.9 Å². The summed E-state index contributed by atoms with van der Waals surface area (Å²) in [7, 11) is 0. The van der Waals surface area contributed by atoms with Crippen molar-refractivity contribution in [3.8, 4) is 0 Å². The van der Waals surface area contributed by atoms with Gasteiger partial charge in [0.1, 0.15) is 0 Å². The number of carboxylic acid groups (broad SMARTS) is 1. The van der Waals surface area contributed by atoms with Crippen molar-refractivity contribution in [2.75, 3.05) is 6.54 Å². The first-order valence-corrected chi connectivity index (χ1v) is 6.26. The van der Waals surface area contributed by atoms with Gasteiger partial charge in [-0.15, -0.1) is 0 Å². The van der Waals surface area contributed by atoms with Crippen LogP contribution in [0.15, 0.2) is 0 Å². The van der Waals surface area contributed by atoms with Gasteiger partial charge in [0, 0.05) is 6.54 Å². The first-order valence-electron chi connectivity index (χ1n) is 6.26. The third kappa shape index (κ3) is 2.77. The molecule has 0 unspecified atom stereocenters. The molecular weight excluding hydrogens is 222 g/mol. The molecule has 96 valence electrons. The van der Waals surface area contributed by atoms with Crippen LogP contribution in [-0.4, -0.2) is 34.7 Å². The van der Waals surface area contributed by atoms with Gasteiger partial charge < -0.3 is 15.5 Å². The van der Waals surface area contributed by atoms with Crippen molar-refractivity contribution in [2.24, 2.45) is 17.8 Å². The first-order chi connectivity index (χ1) is 8.08. The molecule has 0 saturated heterocycles. The van der Waals surface area contributed by atoms with E-state index in [1.807, 2.05) is 0 Å². The minimum absolute atomic E-state index is 0.128.